The Morgan fingerprint density at radius 3 is 2.19 bits per heavy atom. The van der Waals surface area contributed by atoms with Crippen molar-refractivity contribution in [2.75, 3.05) is 0 Å². The Morgan fingerprint density at radius 1 is 1.19 bits per heavy atom. The van der Waals surface area contributed by atoms with Crippen molar-refractivity contribution >= 4 is 29.8 Å². The maximum atomic E-state index is 12.4. The second kappa shape index (κ2) is 5.11. The second-order valence-corrected chi connectivity index (χ2v) is 8.41. The van der Waals surface area contributed by atoms with Gasteiger partial charge in [0.05, 0.1) is 16.1 Å². The molecule has 1 aliphatic heterocycles. The lowest BCUT2D eigenvalue weighted by Gasteiger charge is -2.32. The highest BCUT2D eigenvalue weighted by Crippen LogP contribution is 2.37. The average molecular weight is 309 g/mol. The van der Waals surface area contributed by atoms with E-state index in [1.54, 1.807) is 0 Å². The van der Waals surface area contributed by atoms with E-state index < -0.39 is 18.3 Å². The molecule has 0 radical (unpaired) electrons. The summed E-state index contributed by atoms with van der Waals surface area (Å²) in [4.78, 5) is 13.1. The van der Waals surface area contributed by atoms with Crippen LogP contribution < -0.4 is 10.8 Å². The lowest BCUT2D eigenvalue weighted by atomic mass is 9.79. The standard InChI is InChI=1S/C15H24BNO3S/c1-13(2,3)17-12(18)11-10(8-9-21-11)16-19-14(4,5)15(6,7)20-16/h8-9H,1-7H3,(H,17,18). The van der Waals surface area contributed by atoms with Crippen LogP contribution in [0.2, 0.25) is 0 Å². The van der Waals surface area contributed by atoms with Gasteiger partial charge in [-0.3, -0.25) is 4.79 Å². The van der Waals surface area contributed by atoms with Crippen LogP contribution in [0.25, 0.3) is 0 Å². The molecule has 116 valence electrons. The molecule has 21 heavy (non-hydrogen) atoms. The van der Waals surface area contributed by atoms with Crippen LogP contribution in [0.15, 0.2) is 11.4 Å². The maximum Gasteiger partial charge on any atom is 0.496 e. The summed E-state index contributed by atoms with van der Waals surface area (Å²) in [6.07, 6.45) is 0. The molecular weight excluding hydrogens is 285 g/mol. The van der Waals surface area contributed by atoms with Gasteiger partial charge < -0.3 is 14.6 Å². The zero-order chi connectivity index (χ0) is 16.1. The Labute approximate surface area is 131 Å². The number of nitrogens with one attached hydrogen (secondary N) is 1. The van der Waals surface area contributed by atoms with Gasteiger partial charge in [0.1, 0.15) is 0 Å². The number of rotatable bonds is 2. The van der Waals surface area contributed by atoms with Crippen molar-refractivity contribution < 1.29 is 14.1 Å². The summed E-state index contributed by atoms with van der Waals surface area (Å²) < 4.78 is 12.1. The zero-order valence-electron chi connectivity index (χ0n) is 13.9. The highest BCUT2D eigenvalue weighted by Gasteiger charge is 2.52. The molecule has 2 heterocycles. The fourth-order valence-corrected chi connectivity index (χ4v) is 2.87. The van der Waals surface area contributed by atoms with E-state index in [0.717, 1.165) is 5.46 Å². The molecule has 0 bridgehead atoms. The predicted octanol–water partition coefficient (Wildman–Crippen LogP) is 2.58. The minimum absolute atomic E-state index is 0.0813. The Kier molecular flexibility index (Phi) is 4.02. The van der Waals surface area contributed by atoms with Crippen molar-refractivity contribution in [3.8, 4) is 0 Å². The summed E-state index contributed by atoms with van der Waals surface area (Å²) in [5.41, 5.74) is -0.274. The van der Waals surface area contributed by atoms with Gasteiger partial charge in [-0.2, -0.15) is 0 Å². The molecule has 0 unspecified atom stereocenters. The van der Waals surface area contributed by atoms with E-state index in [1.807, 2.05) is 59.9 Å². The van der Waals surface area contributed by atoms with Crippen LogP contribution in [0.3, 0.4) is 0 Å². The molecule has 6 heteroatoms. The molecule has 0 aromatic carbocycles. The van der Waals surface area contributed by atoms with E-state index in [2.05, 4.69) is 5.32 Å². The highest BCUT2D eigenvalue weighted by molar-refractivity contribution is 7.13. The van der Waals surface area contributed by atoms with Gasteiger partial charge >= 0.3 is 7.12 Å². The molecule has 0 atom stereocenters. The van der Waals surface area contributed by atoms with Gasteiger partial charge in [0.25, 0.3) is 5.91 Å². The van der Waals surface area contributed by atoms with Crippen LogP contribution in [0, 0.1) is 0 Å². The minimum Gasteiger partial charge on any atom is -0.399 e. The summed E-state index contributed by atoms with van der Waals surface area (Å²) in [6, 6.07) is 1.91. The largest absolute Gasteiger partial charge is 0.496 e. The second-order valence-electron chi connectivity index (χ2n) is 7.50. The number of hydrogen-bond acceptors (Lipinski definition) is 4. The zero-order valence-corrected chi connectivity index (χ0v) is 14.7. The first-order chi connectivity index (χ1) is 9.43. The van der Waals surface area contributed by atoms with Crippen molar-refractivity contribution in [3.63, 3.8) is 0 Å². The molecule has 1 aliphatic rings. The lowest BCUT2D eigenvalue weighted by molar-refractivity contribution is 0.00578. The van der Waals surface area contributed by atoms with E-state index in [0.29, 0.717) is 4.88 Å². The molecule has 1 amide bonds. The van der Waals surface area contributed by atoms with Crippen molar-refractivity contribution in [1.29, 1.82) is 0 Å². The average Bonchev–Trinajstić information content (AvgIpc) is 2.79. The van der Waals surface area contributed by atoms with E-state index >= 15 is 0 Å². The van der Waals surface area contributed by atoms with Crippen LogP contribution in [-0.4, -0.2) is 29.8 Å². The highest BCUT2D eigenvalue weighted by atomic mass is 32.1. The minimum atomic E-state index is -0.498. The number of amides is 1. The van der Waals surface area contributed by atoms with E-state index in [9.17, 15) is 4.79 Å². The summed E-state index contributed by atoms with van der Waals surface area (Å²) in [5, 5.41) is 4.89. The molecule has 0 aliphatic carbocycles. The molecular formula is C15H24BNO3S. The Balaban J connectivity index is 2.25. The van der Waals surface area contributed by atoms with Gasteiger partial charge in [0, 0.05) is 11.0 Å². The van der Waals surface area contributed by atoms with Crippen molar-refractivity contribution in [1.82, 2.24) is 5.32 Å². The third kappa shape index (κ3) is 3.33. The Hall–Kier alpha value is -0.845. The van der Waals surface area contributed by atoms with E-state index in [-0.39, 0.29) is 11.4 Å². The first kappa shape index (κ1) is 16.5. The molecule has 0 spiro atoms. The number of hydrogen-bond donors (Lipinski definition) is 1. The molecule has 1 aromatic rings. The summed E-state index contributed by atoms with van der Waals surface area (Å²) in [6.45, 7) is 13.9. The molecule has 2 rings (SSSR count). The van der Waals surface area contributed by atoms with Gasteiger partial charge in [0.2, 0.25) is 0 Å². The van der Waals surface area contributed by atoms with Crippen molar-refractivity contribution in [3.05, 3.63) is 16.3 Å². The quantitative estimate of drug-likeness (QED) is 0.854. The summed E-state index contributed by atoms with van der Waals surface area (Å²) in [5.74, 6) is -0.0813. The summed E-state index contributed by atoms with van der Waals surface area (Å²) >= 11 is 1.41. The molecule has 4 nitrogen and oxygen atoms in total. The topological polar surface area (TPSA) is 47.6 Å². The Bertz CT molecular complexity index is 529. The third-order valence-corrected chi connectivity index (χ3v) is 4.83. The van der Waals surface area contributed by atoms with Gasteiger partial charge in [-0.05, 0) is 53.8 Å². The molecule has 1 saturated heterocycles. The monoisotopic (exact) mass is 309 g/mol. The molecule has 0 saturated carbocycles. The maximum absolute atomic E-state index is 12.4. The smallest absolute Gasteiger partial charge is 0.399 e. The third-order valence-electron chi connectivity index (χ3n) is 3.90. The van der Waals surface area contributed by atoms with Crippen LogP contribution in [0.5, 0.6) is 0 Å². The normalized spacial score (nSPS) is 20.6. The number of carbonyl (C=O) groups is 1. The van der Waals surface area contributed by atoms with Crippen LogP contribution in [0.1, 0.15) is 58.1 Å². The van der Waals surface area contributed by atoms with Gasteiger partial charge in [-0.15, -0.1) is 11.3 Å². The fourth-order valence-electron chi connectivity index (χ4n) is 2.06. The molecule has 1 N–H and O–H groups in total. The van der Waals surface area contributed by atoms with Crippen LogP contribution >= 0.6 is 11.3 Å². The van der Waals surface area contributed by atoms with E-state index in [4.69, 9.17) is 9.31 Å². The molecule has 1 fully saturated rings. The van der Waals surface area contributed by atoms with Crippen LogP contribution in [-0.2, 0) is 9.31 Å². The van der Waals surface area contributed by atoms with E-state index in [1.165, 1.54) is 11.3 Å². The number of thiophene rings is 1. The summed E-state index contributed by atoms with van der Waals surface area (Å²) in [7, 11) is -0.498. The molecule has 1 aromatic heterocycles. The number of carbonyl (C=O) groups excluding carboxylic acids is 1. The first-order valence-corrected chi connectivity index (χ1v) is 8.06. The van der Waals surface area contributed by atoms with Crippen molar-refractivity contribution in [2.45, 2.75) is 65.2 Å². The van der Waals surface area contributed by atoms with Gasteiger partial charge in [-0.25, -0.2) is 0 Å². The van der Waals surface area contributed by atoms with Crippen LogP contribution in [0.4, 0.5) is 0 Å². The Morgan fingerprint density at radius 2 is 1.71 bits per heavy atom. The van der Waals surface area contributed by atoms with Crippen molar-refractivity contribution in [2.24, 2.45) is 0 Å². The lowest BCUT2D eigenvalue weighted by Crippen LogP contribution is -2.44. The predicted molar refractivity (Wildman–Crippen MR) is 87.3 cm³/mol. The first-order valence-electron chi connectivity index (χ1n) is 7.18. The SMILES string of the molecule is CC(C)(C)NC(=O)c1sccc1B1OC(C)(C)C(C)(C)O1. The van der Waals surface area contributed by atoms with Gasteiger partial charge in [-0.1, -0.05) is 6.07 Å². The fraction of sp³-hybridized carbons (Fsp3) is 0.667. The van der Waals surface area contributed by atoms with Gasteiger partial charge in [0.15, 0.2) is 0 Å².